The third-order valence-corrected chi connectivity index (χ3v) is 5.31. The minimum atomic E-state index is 0.138. The fourth-order valence-electron chi connectivity index (χ4n) is 3.26. The van der Waals surface area contributed by atoms with Gasteiger partial charge in [0, 0.05) is 30.8 Å². The maximum absolute atomic E-state index is 12.8. The number of hydrogen-bond acceptors (Lipinski definition) is 3. The van der Waals surface area contributed by atoms with Crippen LogP contribution in [0.15, 0.2) is 0 Å². The van der Waals surface area contributed by atoms with E-state index < -0.39 is 0 Å². The second kappa shape index (κ2) is 6.98. The number of piperidine rings is 1. The van der Waals surface area contributed by atoms with Gasteiger partial charge in [-0.25, -0.2) is 0 Å². The minimum Gasteiger partial charge on any atom is -0.338 e. The lowest BCUT2D eigenvalue weighted by atomic mass is 9.99. The molecule has 2 atom stereocenters. The van der Waals surface area contributed by atoms with Gasteiger partial charge in [-0.05, 0) is 31.6 Å². The van der Waals surface area contributed by atoms with Gasteiger partial charge in [-0.3, -0.25) is 9.69 Å². The van der Waals surface area contributed by atoms with E-state index >= 15 is 0 Å². The molecule has 19 heavy (non-hydrogen) atoms. The van der Waals surface area contributed by atoms with Gasteiger partial charge < -0.3 is 4.90 Å². The van der Waals surface area contributed by atoms with E-state index in [9.17, 15) is 4.79 Å². The number of thioether (sulfide) groups is 1. The number of carbonyl (C=O) groups excluding carboxylic acids is 1. The molecule has 4 heteroatoms. The number of carbonyl (C=O) groups is 1. The molecule has 2 saturated heterocycles. The van der Waals surface area contributed by atoms with Crippen molar-refractivity contribution < 1.29 is 4.79 Å². The summed E-state index contributed by atoms with van der Waals surface area (Å²) in [5.74, 6) is 3.05. The minimum absolute atomic E-state index is 0.138. The van der Waals surface area contributed by atoms with Gasteiger partial charge in [0.05, 0.1) is 6.04 Å². The van der Waals surface area contributed by atoms with Gasteiger partial charge in [-0.15, -0.1) is 11.8 Å². The van der Waals surface area contributed by atoms with Crippen LogP contribution in [0.5, 0.6) is 0 Å². The molecule has 0 bridgehead atoms. The molecule has 0 spiro atoms. The second-order valence-corrected chi connectivity index (χ2v) is 7.27. The Bertz CT molecular complexity index is 309. The van der Waals surface area contributed by atoms with Crippen LogP contribution in [0.2, 0.25) is 0 Å². The highest BCUT2D eigenvalue weighted by molar-refractivity contribution is 7.99. The van der Waals surface area contributed by atoms with Crippen LogP contribution in [-0.2, 0) is 4.79 Å². The van der Waals surface area contributed by atoms with Crippen LogP contribution in [-0.4, -0.2) is 52.5 Å². The van der Waals surface area contributed by atoms with Crippen molar-refractivity contribution in [3.8, 4) is 0 Å². The van der Waals surface area contributed by atoms with Gasteiger partial charge in [-0.2, -0.15) is 0 Å². The van der Waals surface area contributed by atoms with Crippen LogP contribution >= 0.6 is 11.8 Å². The highest BCUT2D eigenvalue weighted by Crippen LogP contribution is 2.27. The molecule has 2 aliphatic heterocycles. The first kappa shape index (κ1) is 15.2. The molecule has 0 aromatic rings. The van der Waals surface area contributed by atoms with Crippen molar-refractivity contribution in [1.29, 1.82) is 0 Å². The first-order valence-electron chi connectivity index (χ1n) is 7.75. The predicted molar refractivity (Wildman–Crippen MR) is 82.3 cm³/mol. The average molecular weight is 284 g/mol. The average Bonchev–Trinajstić information content (AvgIpc) is 2.85. The van der Waals surface area contributed by atoms with Crippen LogP contribution in [0.4, 0.5) is 0 Å². The molecule has 0 aromatic heterocycles. The first-order valence-corrected chi connectivity index (χ1v) is 8.91. The van der Waals surface area contributed by atoms with E-state index in [2.05, 4.69) is 30.6 Å². The maximum Gasteiger partial charge on any atom is 0.241 e. The lowest BCUT2D eigenvalue weighted by Crippen LogP contribution is -2.52. The Morgan fingerprint density at radius 1 is 1.37 bits per heavy atom. The highest BCUT2D eigenvalue weighted by atomic mass is 32.2. The van der Waals surface area contributed by atoms with Crippen LogP contribution in [0.1, 0.15) is 46.5 Å². The molecule has 2 aliphatic rings. The molecule has 1 amide bonds. The summed E-state index contributed by atoms with van der Waals surface area (Å²) in [5.41, 5.74) is 0. The van der Waals surface area contributed by atoms with Crippen molar-refractivity contribution in [3.63, 3.8) is 0 Å². The largest absolute Gasteiger partial charge is 0.338 e. The van der Waals surface area contributed by atoms with E-state index in [0.717, 1.165) is 31.1 Å². The summed E-state index contributed by atoms with van der Waals surface area (Å²) >= 11 is 1.91. The number of nitrogens with zero attached hydrogens (tertiary/aromatic N) is 2. The number of likely N-dealkylation sites (tertiary alicyclic amines) is 1. The molecular weight excluding hydrogens is 256 g/mol. The smallest absolute Gasteiger partial charge is 0.241 e. The summed E-state index contributed by atoms with van der Waals surface area (Å²) < 4.78 is 0. The number of rotatable bonds is 4. The van der Waals surface area contributed by atoms with Crippen molar-refractivity contribution in [2.24, 2.45) is 5.92 Å². The van der Waals surface area contributed by atoms with E-state index in [1.54, 1.807) is 0 Å². The van der Waals surface area contributed by atoms with Gasteiger partial charge >= 0.3 is 0 Å². The van der Waals surface area contributed by atoms with E-state index in [1.165, 1.54) is 19.3 Å². The molecule has 2 rings (SSSR count). The van der Waals surface area contributed by atoms with Crippen LogP contribution in [0.25, 0.3) is 0 Å². The standard InChI is InChI=1S/C15H28N2OS/c1-4-13-7-5-6-8-17(13)15(18)14-10-19-11-16(14)9-12(2)3/h12-14H,4-11H2,1-3H3/t13?,14-/m1/s1. The quantitative estimate of drug-likeness (QED) is 0.793. The zero-order chi connectivity index (χ0) is 13.8. The topological polar surface area (TPSA) is 23.6 Å². The Labute approximate surface area is 122 Å². The molecular formula is C15H28N2OS. The Hall–Kier alpha value is -0.220. The maximum atomic E-state index is 12.8. The molecule has 1 unspecified atom stereocenters. The Kier molecular flexibility index (Phi) is 5.58. The highest BCUT2D eigenvalue weighted by Gasteiger charge is 2.36. The fourth-order valence-corrected chi connectivity index (χ4v) is 4.46. The molecule has 2 fully saturated rings. The Morgan fingerprint density at radius 2 is 2.16 bits per heavy atom. The molecule has 0 N–H and O–H groups in total. The van der Waals surface area contributed by atoms with Crippen molar-refractivity contribution in [2.45, 2.75) is 58.5 Å². The lowest BCUT2D eigenvalue weighted by molar-refractivity contribution is -0.139. The number of amides is 1. The zero-order valence-corrected chi connectivity index (χ0v) is 13.4. The molecule has 2 heterocycles. The van der Waals surface area contributed by atoms with Crippen molar-refractivity contribution >= 4 is 17.7 Å². The van der Waals surface area contributed by atoms with Crippen molar-refractivity contribution in [2.75, 3.05) is 24.7 Å². The van der Waals surface area contributed by atoms with Crippen LogP contribution in [0.3, 0.4) is 0 Å². The summed E-state index contributed by atoms with van der Waals surface area (Å²) in [5, 5.41) is 0. The van der Waals surface area contributed by atoms with Crippen LogP contribution in [0, 0.1) is 5.92 Å². The second-order valence-electron chi connectivity index (χ2n) is 6.27. The summed E-state index contributed by atoms with van der Waals surface area (Å²) in [4.78, 5) is 17.4. The van der Waals surface area contributed by atoms with Gasteiger partial charge in [0.25, 0.3) is 0 Å². The summed E-state index contributed by atoms with van der Waals surface area (Å²) in [6, 6.07) is 0.632. The fraction of sp³-hybridized carbons (Fsp3) is 0.933. The van der Waals surface area contributed by atoms with E-state index in [1.807, 2.05) is 11.8 Å². The van der Waals surface area contributed by atoms with Gasteiger partial charge in [0.2, 0.25) is 5.91 Å². The van der Waals surface area contributed by atoms with E-state index in [-0.39, 0.29) is 6.04 Å². The van der Waals surface area contributed by atoms with Gasteiger partial charge in [0.15, 0.2) is 0 Å². The van der Waals surface area contributed by atoms with Crippen molar-refractivity contribution in [1.82, 2.24) is 9.80 Å². The van der Waals surface area contributed by atoms with Gasteiger partial charge in [0.1, 0.15) is 0 Å². The Morgan fingerprint density at radius 3 is 2.84 bits per heavy atom. The first-order chi connectivity index (χ1) is 9.13. The van der Waals surface area contributed by atoms with E-state index in [0.29, 0.717) is 17.9 Å². The Balaban J connectivity index is 2.00. The molecule has 0 aromatic carbocycles. The lowest BCUT2D eigenvalue weighted by Gasteiger charge is -2.38. The number of hydrogen-bond donors (Lipinski definition) is 0. The monoisotopic (exact) mass is 284 g/mol. The normalized spacial score (nSPS) is 29.2. The van der Waals surface area contributed by atoms with Gasteiger partial charge in [-0.1, -0.05) is 20.8 Å². The molecule has 0 saturated carbocycles. The molecule has 3 nitrogen and oxygen atoms in total. The zero-order valence-electron chi connectivity index (χ0n) is 12.6. The van der Waals surface area contributed by atoms with Crippen molar-refractivity contribution in [3.05, 3.63) is 0 Å². The molecule has 0 radical (unpaired) electrons. The predicted octanol–water partition coefficient (Wildman–Crippen LogP) is 2.81. The third-order valence-electron chi connectivity index (χ3n) is 4.24. The summed E-state index contributed by atoms with van der Waals surface area (Å²) in [7, 11) is 0. The molecule has 0 aliphatic carbocycles. The summed E-state index contributed by atoms with van der Waals surface area (Å²) in [6.07, 6.45) is 4.78. The molecule has 110 valence electrons. The summed E-state index contributed by atoms with van der Waals surface area (Å²) in [6.45, 7) is 8.72. The SMILES string of the molecule is CCC1CCCCN1C(=O)[C@H]1CSCN1CC(C)C. The van der Waals surface area contributed by atoms with E-state index in [4.69, 9.17) is 0 Å². The third kappa shape index (κ3) is 3.66. The van der Waals surface area contributed by atoms with Crippen LogP contribution < -0.4 is 0 Å².